The molecule has 0 saturated carbocycles. The zero-order valence-corrected chi connectivity index (χ0v) is 8.40. The number of carbonyl (C=O) groups excluding carboxylic acids is 1. The lowest BCUT2D eigenvalue weighted by Crippen LogP contribution is -2.44. The van der Waals surface area contributed by atoms with E-state index in [2.05, 4.69) is 0 Å². The molecule has 0 saturated heterocycles. The van der Waals surface area contributed by atoms with Crippen molar-refractivity contribution in [3.05, 3.63) is 0 Å². The molecule has 0 aliphatic heterocycles. The van der Waals surface area contributed by atoms with E-state index in [4.69, 9.17) is 14.9 Å². The molecule has 0 spiro atoms. The van der Waals surface area contributed by atoms with E-state index >= 15 is 0 Å². The van der Waals surface area contributed by atoms with Crippen LogP contribution in [0.1, 0.15) is 0 Å². The van der Waals surface area contributed by atoms with Crippen molar-refractivity contribution in [2.75, 3.05) is 12.8 Å². The maximum atomic E-state index is 11.9. The van der Waals surface area contributed by atoms with Gasteiger partial charge in [0.25, 0.3) is 0 Å². The molecule has 0 fully saturated rings. The Morgan fingerprint density at radius 1 is 1.25 bits per heavy atom. The molecule has 0 aromatic rings. The number of halogens is 3. The van der Waals surface area contributed by atoms with Crippen LogP contribution in [-0.2, 0) is 14.2 Å². The Bertz CT molecular complexity index is 336. The first-order valence-electron chi connectivity index (χ1n) is 3.56. The summed E-state index contributed by atoms with van der Waals surface area (Å²) in [6.07, 6.45) is -6.98. The summed E-state index contributed by atoms with van der Waals surface area (Å²) in [7, 11) is -4.96. The average molecular weight is 265 g/mol. The summed E-state index contributed by atoms with van der Waals surface area (Å²) < 4.78 is 46.1. The van der Waals surface area contributed by atoms with Crippen molar-refractivity contribution < 1.29 is 42.2 Å². The van der Waals surface area contributed by atoms with Gasteiger partial charge in [-0.3, -0.25) is 14.2 Å². The zero-order chi connectivity index (χ0) is 13.1. The van der Waals surface area contributed by atoms with Crippen molar-refractivity contribution in [1.29, 1.82) is 0 Å². The molecule has 0 bridgehead atoms. The molecule has 94 valence electrons. The van der Waals surface area contributed by atoms with Gasteiger partial charge in [0, 0.05) is 0 Å². The van der Waals surface area contributed by atoms with Crippen LogP contribution in [0, 0.1) is 0 Å². The van der Waals surface area contributed by atoms with Crippen LogP contribution in [0.3, 0.4) is 0 Å². The minimum atomic E-state index is -5.38. The van der Waals surface area contributed by atoms with Gasteiger partial charge in [-0.2, -0.15) is 13.2 Å². The Kier molecular flexibility index (Phi) is 4.47. The molecule has 7 nitrogen and oxygen atoms in total. The molecule has 0 aromatic carbocycles. The van der Waals surface area contributed by atoms with E-state index in [1.807, 2.05) is 0 Å². The van der Waals surface area contributed by atoms with Crippen molar-refractivity contribution in [2.45, 2.75) is 6.18 Å². The van der Waals surface area contributed by atoms with Gasteiger partial charge in [-0.15, -0.1) is 0 Å². The minimum Gasteiger partial charge on any atom is -0.480 e. The first-order valence-corrected chi connectivity index (χ1v) is 5.35. The number of alkyl halides is 3. The van der Waals surface area contributed by atoms with Crippen molar-refractivity contribution in [3.8, 4) is 0 Å². The minimum absolute atomic E-state index is 0.469. The molecule has 0 radical (unpaired) electrons. The maximum absolute atomic E-state index is 11.9. The van der Waals surface area contributed by atoms with Gasteiger partial charge in [0.05, 0.1) is 0 Å². The third kappa shape index (κ3) is 5.69. The monoisotopic (exact) mass is 265 g/mol. The normalized spacial score (nSPS) is 12.3. The maximum Gasteiger partial charge on any atom is 0.471 e. The Balaban J connectivity index is 4.89. The van der Waals surface area contributed by atoms with Gasteiger partial charge < -0.3 is 19.8 Å². The highest BCUT2D eigenvalue weighted by molar-refractivity contribution is 7.51. The van der Waals surface area contributed by atoms with Crippen LogP contribution in [0.15, 0.2) is 0 Å². The topological polar surface area (TPSA) is 115 Å². The molecule has 0 atom stereocenters. The highest BCUT2D eigenvalue weighted by Gasteiger charge is 2.44. The van der Waals surface area contributed by atoms with E-state index in [0.29, 0.717) is 0 Å². The average Bonchev–Trinajstić information content (AvgIpc) is 1.96. The van der Waals surface area contributed by atoms with Crippen LogP contribution in [-0.4, -0.2) is 50.7 Å². The second kappa shape index (κ2) is 4.81. The number of rotatable bonds is 4. The summed E-state index contributed by atoms with van der Waals surface area (Å²) in [5.41, 5.74) is 0. The van der Waals surface area contributed by atoms with Gasteiger partial charge >= 0.3 is 25.6 Å². The number of nitrogens with zero attached hydrogens (tertiary/aromatic N) is 1. The van der Waals surface area contributed by atoms with Crippen LogP contribution < -0.4 is 0 Å². The van der Waals surface area contributed by atoms with Crippen LogP contribution in [0.5, 0.6) is 0 Å². The van der Waals surface area contributed by atoms with Gasteiger partial charge in [-0.05, 0) is 0 Å². The van der Waals surface area contributed by atoms with Gasteiger partial charge in [-0.25, -0.2) is 0 Å². The number of carboxylic acids is 1. The van der Waals surface area contributed by atoms with Gasteiger partial charge in [0.15, 0.2) is 0 Å². The van der Waals surface area contributed by atoms with E-state index in [1.165, 1.54) is 0 Å². The Morgan fingerprint density at radius 2 is 1.69 bits per heavy atom. The van der Waals surface area contributed by atoms with Crippen LogP contribution in [0.4, 0.5) is 13.2 Å². The molecule has 0 rings (SSSR count). The van der Waals surface area contributed by atoms with Gasteiger partial charge in [-0.1, -0.05) is 0 Å². The third-order valence-electron chi connectivity index (χ3n) is 1.21. The molecular formula is C5H7F3NO6P. The lowest BCUT2D eigenvalue weighted by Gasteiger charge is -2.21. The van der Waals surface area contributed by atoms with Gasteiger partial charge in [0.1, 0.15) is 12.8 Å². The van der Waals surface area contributed by atoms with Crippen LogP contribution >= 0.6 is 7.60 Å². The smallest absolute Gasteiger partial charge is 0.471 e. The summed E-state index contributed by atoms with van der Waals surface area (Å²) in [6.45, 7) is -1.44. The fraction of sp³-hybridized carbons (Fsp3) is 0.600. The second-order valence-electron chi connectivity index (χ2n) is 2.70. The Morgan fingerprint density at radius 3 is 1.94 bits per heavy atom. The molecule has 3 N–H and O–H groups in total. The Hall–Kier alpha value is -1.12. The standard InChI is InChI=1S/C5H7F3NO6P/c6-5(7,8)4(12)9(1-3(10)11)2-16(13,14)15/h1-2H2,(H,10,11)(H2,13,14,15). The van der Waals surface area contributed by atoms with E-state index < -0.39 is 43.4 Å². The van der Waals surface area contributed by atoms with Crippen LogP contribution in [0.25, 0.3) is 0 Å². The molecular weight excluding hydrogens is 258 g/mol. The number of carboxylic acid groups (broad SMARTS) is 1. The second-order valence-corrected chi connectivity index (χ2v) is 4.31. The number of aliphatic carboxylic acids is 1. The summed E-state index contributed by atoms with van der Waals surface area (Å²) in [5, 5.41) is 8.18. The molecule has 0 heterocycles. The zero-order valence-electron chi connectivity index (χ0n) is 7.51. The van der Waals surface area contributed by atoms with Gasteiger partial charge in [0.2, 0.25) is 0 Å². The largest absolute Gasteiger partial charge is 0.480 e. The van der Waals surface area contributed by atoms with E-state index in [-0.39, 0.29) is 0 Å². The summed E-state index contributed by atoms with van der Waals surface area (Å²) in [5.74, 6) is -4.43. The SMILES string of the molecule is O=C(O)CN(CP(=O)(O)O)C(=O)C(F)(F)F. The molecule has 1 amide bonds. The number of amides is 1. The lowest BCUT2D eigenvalue weighted by molar-refractivity contribution is -0.185. The third-order valence-corrected chi connectivity index (χ3v) is 1.92. The first-order chi connectivity index (χ1) is 6.93. The predicted octanol–water partition coefficient (Wildman–Crippen LogP) is -0.403. The van der Waals surface area contributed by atoms with E-state index in [1.54, 1.807) is 0 Å². The highest BCUT2D eigenvalue weighted by Crippen LogP contribution is 2.36. The van der Waals surface area contributed by atoms with Crippen molar-refractivity contribution >= 4 is 19.5 Å². The lowest BCUT2D eigenvalue weighted by atomic mass is 10.5. The van der Waals surface area contributed by atoms with Crippen molar-refractivity contribution in [2.24, 2.45) is 0 Å². The number of hydrogen-bond acceptors (Lipinski definition) is 3. The number of carbonyl (C=O) groups is 2. The predicted molar refractivity (Wildman–Crippen MR) is 42.3 cm³/mol. The highest BCUT2D eigenvalue weighted by atomic mass is 31.2. The first kappa shape index (κ1) is 14.9. The molecule has 11 heteroatoms. The van der Waals surface area contributed by atoms with Crippen molar-refractivity contribution in [3.63, 3.8) is 0 Å². The fourth-order valence-electron chi connectivity index (χ4n) is 0.751. The molecule has 0 aliphatic rings. The summed E-state index contributed by atoms with van der Waals surface area (Å²) >= 11 is 0. The molecule has 16 heavy (non-hydrogen) atoms. The fourth-order valence-corrected chi connectivity index (χ4v) is 1.42. The summed E-state index contributed by atoms with van der Waals surface area (Å²) in [4.78, 5) is 37.0. The quantitative estimate of drug-likeness (QED) is 0.595. The van der Waals surface area contributed by atoms with E-state index in [9.17, 15) is 27.3 Å². The summed E-state index contributed by atoms with van der Waals surface area (Å²) in [6, 6.07) is 0. The number of hydrogen-bond donors (Lipinski definition) is 3. The Labute approximate surface area is 86.6 Å². The van der Waals surface area contributed by atoms with E-state index in [0.717, 1.165) is 0 Å². The molecule has 0 aromatic heterocycles. The van der Waals surface area contributed by atoms with Crippen molar-refractivity contribution in [1.82, 2.24) is 4.90 Å². The molecule has 0 aliphatic carbocycles. The molecule has 0 unspecified atom stereocenters. The van der Waals surface area contributed by atoms with Crippen LogP contribution in [0.2, 0.25) is 0 Å².